The Morgan fingerprint density at radius 1 is 1.24 bits per heavy atom. The lowest BCUT2D eigenvalue weighted by molar-refractivity contribution is -0.133. The van der Waals surface area contributed by atoms with E-state index in [9.17, 15) is 4.79 Å². The van der Waals surface area contributed by atoms with Crippen LogP contribution in [0.4, 0.5) is 5.69 Å². The van der Waals surface area contributed by atoms with Crippen molar-refractivity contribution in [2.24, 2.45) is 0 Å². The fourth-order valence-electron chi connectivity index (χ4n) is 3.24. The topological polar surface area (TPSA) is 32.8 Å². The Hall–Kier alpha value is -1.55. The van der Waals surface area contributed by atoms with E-state index in [1.165, 1.54) is 0 Å². The van der Waals surface area contributed by atoms with Gasteiger partial charge < -0.3 is 14.5 Å². The van der Waals surface area contributed by atoms with Crippen molar-refractivity contribution in [2.45, 2.75) is 45.3 Å². The average molecular weight is 288 g/mol. The van der Waals surface area contributed by atoms with Crippen molar-refractivity contribution in [3.63, 3.8) is 0 Å². The zero-order valence-corrected chi connectivity index (χ0v) is 13.3. The number of anilines is 1. The van der Waals surface area contributed by atoms with Gasteiger partial charge >= 0.3 is 0 Å². The lowest BCUT2D eigenvalue weighted by atomic mass is 9.96. The van der Waals surface area contributed by atoms with Crippen molar-refractivity contribution in [3.05, 3.63) is 23.8 Å². The van der Waals surface area contributed by atoms with Gasteiger partial charge in [-0.1, -0.05) is 6.07 Å². The van der Waals surface area contributed by atoms with Crippen LogP contribution < -0.4 is 9.64 Å². The summed E-state index contributed by atoms with van der Waals surface area (Å²) in [5.41, 5.74) is 1.31. The maximum Gasteiger partial charge on any atom is 0.270 e. The number of fused-ring (bicyclic) bond motifs is 1. The first kappa shape index (κ1) is 14.4. The molecule has 4 nitrogen and oxygen atoms in total. The molecule has 1 amide bonds. The highest BCUT2D eigenvalue weighted by Crippen LogP contribution is 2.40. The summed E-state index contributed by atoms with van der Waals surface area (Å²) >= 11 is 0. The Labute approximate surface area is 126 Å². The van der Waals surface area contributed by atoms with Crippen molar-refractivity contribution >= 4 is 11.6 Å². The van der Waals surface area contributed by atoms with Crippen LogP contribution in [0.3, 0.4) is 0 Å². The first-order chi connectivity index (χ1) is 9.88. The van der Waals surface area contributed by atoms with Gasteiger partial charge in [0.2, 0.25) is 0 Å². The number of rotatable bonds is 1. The molecule has 2 aliphatic rings. The van der Waals surface area contributed by atoms with Crippen LogP contribution in [0.15, 0.2) is 18.2 Å². The highest BCUT2D eigenvalue weighted by molar-refractivity contribution is 6.03. The Morgan fingerprint density at radius 2 is 1.90 bits per heavy atom. The molecule has 0 saturated carbocycles. The molecule has 114 valence electrons. The molecule has 0 aromatic heterocycles. The van der Waals surface area contributed by atoms with Crippen LogP contribution in [-0.2, 0) is 4.79 Å². The molecule has 3 rings (SSSR count). The molecule has 0 spiro atoms. The van der Waals surface area contributed by atoms with Gasteiger partial charge in [-0.2, -0.15) is 0 Å². The van der Waals surface area contributed by atoms with Gasteiger partial charge in [-0.15, -0.1) is 0 Å². The van der Waals surface area contributed by atoms with Crippen molar-refractivity contribution in [1.82, 2.24) is 4.90 Å². The second-order valence-electron chi connectivity index (χ2n) is 6.79. The van der Waals surface area contributed by atoms with Crippen LogP contribution in [0.1, 0.15) is 32.3 Å². The van der Waals surface area contributed by atoms with Crippen molar-refractivity contribution in [3.8, 4) is 5.75 Å². The van der Waals surface area contributed by atoms with E-state index in [1.54, 1.807) is 0 Å². The Kier molecular flexibility index (Phi) is 3.44. The highest BCUT2D eigenvalue weighted by Gasteiger charge is 2.44. The molecule has 0 N–H and O–H groups in total. The number of benzene rings is 1. The molecule has 0 unspecified atom stereocenters. The highest BCUT2D eigenvalue weighted by atomic mass is 16.5. The van der Waals surface area contributed by atoms with Gasteiger partial charge in [-0.05, 0) is 71.4 Å². The third kappa shape index (κ3) is 2.53. The van der Waals surface area contributed by atoms with Crippen LogP contribution in [0.2, 0.25) is 0 Å². The third-order valence-corrected chi connectivity index (χ3v) is 4.53. The van der Waals surface area contributed by atoms with E-state index in [0.29, 0.717) is 0 Å². The van der Waals surface area contributed by atoms with Gasteiger partial charge in [-0.3, -0.25) is 4.79 Å². The first-order valence-electron chi connectivity index (χ1n) is 7.70. The van der Waals surface area contributed by atoms with Crippen molar-refractivity contribution < 1.29 is 9.53 Å². The minimum atomic E-state index is -0.786. The summed E-state index contributed by atoms with van der Waals surface area (Å²) < 4.78 is 5.93. The summed E-state index contributed by atoms with van der Waals surface area (Å²) in [4.78, 5) is 17.2. The van der Waals surface area contributed by atoms with E-state index in [0.717, 1.165) is 42.9 Å². The van der Waals surface area contributed by atoms with Crippen LogP contribution in [-0.4, -0.2) is 42.6 Å². The number of piperidine rings is 1. The Balaban J connectivity index is 2.01. The second kappa shape index (κ2) is 5.02. The number of nitrogens with zero attached hydrogens (tertiary/aromatic N) is 2. The zero-order valence-electron chi connectivity index (χ0n) is 13.3. The van der Waals surface area contributed by atoms with Crippen LogP contribution >= 0.6 is 0 Å². The summed E-state index contributed by atoms with van der Waals surface area (Å²) in [5, 5.41) is 0. The maximum absolute atomic E-state index is 12.9. The lowest BCUT2D eigenvalue weighted by Gasteiger charge is -2.44. The van der Waals surface area contributed by atoms with Gasteiger partial charge in [0.15, 0.2) is 5.60 Å². The van der Waals surface area contributed by atoms with E-state index in [-0.39, 0.29) is 11.9 Å². The van der Waals surface area contributed by atoms with E-state index in [1.807, 2.05) is 30.9 Å². The summed E-state index contributed by atoms with van der Waals surface area (Å²) in [6.07, 6.45) is 2.04. The summed E-state index contributed by atoms with van der Waals surface area (Å²) in [6.45, 7) is 7.85. The molecule has 1 saturated heterocycles. The smallest absolute Gasteiger partial charge is 0.270 e. The minimum Gasteiger partial charge on any atom is -0.476 e. The largest absolute Gasteiger partial charge is 0.476 e. The van der Waals surface area contributed by atoms with Gasteiger partial charge in [0, 0.05) is 6.04 Å². The minimum absolute atomic E-state index is 0.0788. The molecular weight excluding hydrogens is 264 g/mol. The monoisotopic (exact) mass is 288 g/mol. The van der Waals surface area contributed by atoms with E-state index >= 15 is 0 Å². The van der Waals surface area contributed by atoms with Gasteiger partial charge in [0.05, 0.1) is 5.69 Å². The van der Waals surface area contributed by atoms with Crippen LogP contribution in [0.25, 0.3) is 0 Å². The summed E-state index contributed by atoms with van der Waals surface area (Å²) in [5.74, 6) is 0.902. The number of amides is 1. The lowest BCUT2D eigenvalue weighted by Crippen LogP contribution is -2.57. The van der Waals surface area contributed by atoms with E-state index in [2.05, 4.69) is 24.9 Å². The van der Waals surface area contributed by atoms with Crippen molar-refractivity contribution in [2.75, 3.05) is 25.0 Å². The Morgan fingerprint density at radius 3 is 2.57 bits per heavy atom. The fraction of sp³-hybridized carbons (Fsp3) is 0.588. The number of carbonyl (C=O) groups excluding carboxylic acids is 1. The number of carbonyl (C=O) groups is 1. The molecule has 21 heavy (non-hydrogen) atoms. The molecular formula is C17H24N2O2. The van der Waals surface area contributed by atoms with Gasteiger partial charge in [-0.25, -0.2) is 0 Å². The predicted octanol–water partition coefficient (Wildman–Crippen LogP) is 2.59. The average Bonchev–Trinajstić information content (AvgIpc) is 2.42. The van der Waals surface area contributed by atoms with Gasteiger partial charge in [0.25, 0.3) is 5.91 Å². The number of ether oxygens (including phenoxy) is 1. The fourth-order valence-corrected chi connectivity index (χ4v) is 3.24. The molecule has 0 aliphatic carbocycles. The van der Waals surface area contributed by atoms with Gasteiger partial charge in [0.1, 0.15) is 5.75 Å². The quantitative estimate of drug-likeness (QED) is 0.796. The zero-order chi connectivity index (χ0) is 15.2. The molecule has 1 aromatic carbocycles. The number of hydrogen-bond acceptors (Lipinski definition) is 3. The standard InChI is InChI=1S/C17H24N2O2/c1-12-5-6-15-14(11-12)19(16(20)17(2,3)21-15)13-7-9-18(4)10-8-13/h5-6,11,13H,7-10H2,1-4H3. The maximum atomic E-state index is 12.9. The third-order valence-electron chi connectivity index (χ3n) is 4.53. The molecule has 2 aliphatic heterocycles. The normalized spacial score (nSPS) is 22.9. The predicted molar refractivity (Wildman–Crippen MR) is 83.9 cm³/mol. The SMILES string of the molecule is Cc1ccc2c(c1)N(C1CCN(C)CC1)C(=O)C(C)(C)O2. The first-order valence-corrected chi connectivity index (χ1v) is 7.70. The van der Waals surface area contributed by atoms with E-state index in [4.69, 9.17) is 4.74 Å². The Bertz CT molecular complexity index is 560. The summed E-state index contributed by atoms with van der Waals surface area (Å²) in [6, 6.07) is 6.37. The molecule has 0 bridgehead atoms. The number of likely N-dealkylation sites (tertiary alicyclic amines) is 1. The van der Waals surface area contributed by atoms with Crippen LogP contribution in [0.5, 0.6) is 5.75 Å². The second-order valence-corrected chi connectivity index (χ2v) is 6.79. The summed E-state index contributed by atoms with van der Waals surface area (Å²) in [7, 11) is 2.14. The molecule has 0 radical (unpaired) electrons. The number of aryl methyl sites for hydroxylation is 1. The molecule has 1 fully saturated rings. The van der Waals surface area contributed by atoms with Crippen LogP contribution in [0, 0.1) is 6.92 Å². The molecule has 1 aromatic rings. The van der Waals surface area contributed by atoms with Crippen molar-refractivity contribution in [1.29, 1.82) is 0 Å². The molecule has 2 heterocycles. The molecule has 4 heteroatoms. The number of hydrogen-bond donors (Lipinski definition) is 0. The molecule has 0 atom stereocenters. The van der Waals surface area contributed by atoms with E-state index < -0.39 is 5.60 Å².